The second-order valence-corrected chi connectivity index (χ2v) is 8.83. The summed E-state index contributed by atoms with van der Waals surface area (Å²) < 4.78 is 29.1. The van der Waals surface area contributed by atoms with Crippen LogP contribution in [0.25, 0.3) is 5.76 Å². The molecule has 2 N–H and O–H groups in total. The molecule has 0 atom stereocenters. The van der Waals surface area contributed by atoms with E-state index >= 15 is 0 Å². The zero-order valence-corrected chi connectivity index (χ0v) is 18.0. The number of aryl methyl sites for hydroxylation is 3. The van der Waals surface area contributed by atoms with Crippen LogP contribution in [0.3, 0.4) is 0 Å². The van der Waals surface area contributed by atoms with Crippen LogP contribution in [0, 0.1) is 18.3 Å². The monoisotopic (exact) mass is 453 g/mol. The van der Waals surface area contributed by atoms with E-state index in [9.17, 15) is 23.6 Å². The molecule has 164 valence electrons. The molecule has 1 aromatic carbocycles. The van der Waals surface area contributed by atoms with Gasteiger partial charge in [0, 0.05) is 6.26 Å². The fraction of sp³-hybridized carbons (Fsp3) is 0.190. The summed E-state index contributed by atoms with van der Waals surface area (Å²) in [6.07, 6.45) is 4.13. The third-order valence-electron chi connectivity index (χ3n) is 4.53. The Morgan fingerprint density at radius 1 is 1.22 bits per heavy atom. The van der Waals surface area contributed by atoms with Gasteiger partial charge in [0.25, 0.3) is 5.91 Å². The highest BCUT2D eigenvalue weighted by atomic mass is 32.2. The van der Waals surface area contributed by atoms with Crippen molar-refractivity contribution in [2.45, 2.75) is 24.7 Å². The Labute approximate surface area is 184 Å². The summed E-state index contributed by atoms with van der Waals surface area (Å²) in [6.45, 7) is 1.51. The molecular weight excluding hydrogens is 434 g/mol. The number of nitriles is 1. The lowest BCUT2D eigenvalue weighted by molar-refractivity contribution is -0.112. The van der Waals surface area contributed by atoms with Gasteiger partial charge in [-0.05, 0) is 25.3 Å². The normalized spacial score (nSPS) is 12.0. The Hall–Kier alpha value is -4.04. The smallest absolute Gasteiger partial charge is 0.272 e. The second-order valence-electron chi connectivity index (χ2n) is 6.85. The fourth-order valence-corrected chi connectivity index (χ4v) is 3.72. The molecule has 0 radical (unpaired) electrons. The number of benzene rings is 1. The van der Waals surface area contributed by atoms with E-state index in [1.165, 1.54) is 13.1 Å². The lowest BCUT2D eigenvalue weighted by Gasteiger charge is -2.10. The van der Waals surface area contributed by atoms with E-state index in [2.05, 4.69) is 20.4 Å². The fourth-order valence-electron chi connectivity index (χ4n) is 2.90. The van der Waals surface area contributed by atoms with E-state index in [0.29, 0.717) is 6.42 Å². The highest BCUT2D eigenvalue weighted by Crippen LogP contribution is 2.21. The number of hydrogen-bond donors (Lipinski definition) is 2. The van der Waals surface area contributed by atoms with Crippen LogP contribution in [0.5, 0.6) is 0 Å². The molecule has 2 aromatic heterocycles. The largest absolute Gasteiger partial charge is 0.506 e. The maximum Gasteiger partial charge on any atom is 0.272 e. The zero-order chi connectivity index (χ0) is 23.3. The van der Waals surface area contributed by atoms with Gasteiger partial charge in [0.1, 0.15) is 16.7 Å². The van der Waals surface area contributed by atoms with Crippen molar-refractivity contribution >= 4 is 27.5 Å². The van der Waals surface area contributed by atoms with Gasteiger partial charge in [-0.2, -0.15) is 5.26 Å². The molecule has 0 aliphatic heterocycles. The molecular formula is C21H19N5O5S. The minimum absolute atomic E-state index is 0.0505. The molecule has 0 aliphatic rings. The Kier molecular flexibility index (Phi) is 6.65. The minimum Gasteiger partial charge on any atom is -0.506 e. The number of amides is 1. The van der Waals surface area contributed by atoms with Crippen molar-refractivity contribution < 1.29 is 22.8 Å². The average Bonchev–Trinajstić information content (AvgIpc) is 3.18. The van der Waals surface area contributed by atoms with Gasteiger partial charge in [0.05, 0.1) is 23.7 Å². The number of aliphatic hydroxyl groups is 1. The summed E-state index contributed by atoms with van der Waals surface area (Å²) in [4.78, 5) is 20.6. The Bertz CT molecular complexity index is 1320. The van der Waals surface area contributed by atoms with Crippen molar-refractivity contribution in [3.8, 4) is 6.07 Å². The topological polar surface area (TPSA) is 159 Å². The third-order valence-corrected chi connectivity index (χ3v) is 5.67. The minimum atomic E-state index is -3.61. The predicted molar refractivity (Wildman–Crippen MR) is 114 cm³/mol. The SMILES string of the molecule is Cc1oncc1/C(O)=C(\C#N)C(=O)Nc1ncc(S(C)(=O)=O)c(CCc2ccccc2)n1. The molecule has 10 nitrogen and oxygen atoms in total. The van der Waals surface area contributed by atoms with Gasteiger partial charge in [0.2, 0.25) is 5.95 Å². The Morgan fingerprint density at radius 3 is 2.53 bits per heavy atom. The summed E-state index contributed by atoms with van der Waals surface area (Å²) in [7, 11) is -3.61. The van der Waals surface area contributed by atoms with E-state index in [0.717, 1.165) is 18.0 Å². The molecule has 0 saturated carbocycles. The number of hydrogen-bond acceptors (Lipinski definition) is 9. The summed E-state index contributed by atoms with van der Waals surface area (Å²) >= 11 is 0. The van der Waals surface area contributed by atoms with Crippen molar-refractivity contribution in [1.82, 2.24) is 15.1 Å². The van der Waals surface area contributed by atoms with E-state index in [1.807, 2.05) is 30.3 Å². The quantitative estimate of drug-likeness (QED) is 0.311. The van der Waals surface area contributed by atoms with Crippen LogP contribution in [0.15, 0.2) is 57.7 Å². The van der Waals surface area contributed by atoms with Gasteiger partial charge < -0.3 is 9.63 Å². The molecule has 0 spiro atoms. The van der Waals surface area contributed by atoms with Gasteiger partial charge in [-0.15, -0.1) is 0 Å². The van der Waals surface area contributed by atoms with E-state index in [4.69, 9.17) is 4.52 Å². The first-order valence-corrected chi connectivity index (χ1v) is 11.3. The average molecular weight is 453 g/mol. The van der Waals surface area contributed by atoms with Crippen molar-refractivity contribution in [2.75, 3.05) is 11.6 Å². The van der Waals surface area contributed by atoms with E-state index < -0.39 is 27.1 Å². The van der Waals surface area contributed by atoms with Crippen molar-refractivity contribution in [1.29, 1.82) is 5.26 Å². The number of carbonyl (C=O) groups excluding carboxylic acids is 1. The molecule has 1 amide bonds. The maximum absolute atomic E-state index is 12.6. The van der Waals surface area contributed by atoms with E-state index in [1.54, 1.807) is 6.07 Å². The number of anilines is 1. The van der Waals surface area contributed by atoms with E-state index in [-0.39, 0.29) is 34.3 Å². The number of nitrogens with zero attached hydrogens (tertiary/aromatic N) is 4. The molecule has 0 fully saturated rings. The number of aliphatic hydroxyl groups excluding tert-OH is 1. The van der Waals surface area contributed by atoms with Gasteiger partial charge in [-0.3, -0.25) is 10.1 Å². The first-order chi connectivity index (χ1) is 15.2. The molecule has 11 heteroatoms. The van der Waals surface area contributed by atoms with Crippen LogP contribution in [-0.2, 0) is 27.5 Å². The van der Waals surface area contributed by atoms with Crippen molar-refractivity contribution in [3.63, 3.8) is 0 Å². The third kappa shape index (κ3) is 5.16. The van der Waals surface area contributed by atoms with Crippen LogP contribution in [0.4, 0.5) is 5.95 Å². The van der Waals surface area contributed by atoms with Crippen LogP contribution in [0.2, 0.25) is 0 Å². The van der Waals surface area contributed by atoms with Gasteiger partial charge >= 0.3 is 0 Å². The number of sulfone groups is 1. The van der Waals surface area contributed by atoms with Gasteiger partial charge in [-0.25, -0.2) is 18.4 Å². The number of rotatable bonds is 7. The lowest BCUT2D eigenvalue weighted by Crippen LogP contribution is -2.18. The van der Waals surface area contributed by atoms with Crippen LogP contribution < -0.4 is 5.32 Å². The molecule has 0 saturated heterocycles. The molecule has 3 rings (SSSR count). The molecule has 0 unspecified atom stereocenters. The molecule has 3 aromatic rings. The summed E-state index contributed by atoms with van der Waals surface area (Å²) in [5.41, 5.74) is 0.703. The van der Waals surface area contributed by atoms with Crippen LogP contribution in [0.1, 0.15) is 22.6 Å². The number of aromatic nitrogens is 3. The Balaban J connectivity index is 1.90. The molecule has 2 heterocycles. The number of carbonyl (C=O) groups is 1. The van der Waals surface area contributed by atoms with Gasteiger partial charge in [0.15, 0.2) is 21.2 Å². The second kappa shape index (κ2) is 9.40. The summed E-state index contributed by atoms with van der Waals surface area (Å²) in [5.74, 6) is -1.56. The molecule has 0 aliphatic carbocycles. The maximum atomic E-state index is 12.6. The first-order valence-electron chi connectivity index (χ1n) is 9.37. The van der Waals surface area contributed by atoms with Crippen molar-refractivity contribution in [3.05, 3.63) is 70.9 Å². The summed E-state index contributed by atoms with van der Waals surface area (Å²) in [5, 5.41) is 25.5. The standard InChI is InChI=1S/C21H19N5O5S/c1-13-16(11-24-31-13)19(27)15(10-22)20(28)26-21-23-12-18(32(2,29)30)17(25-21)9-8-14-6-4-3-5-7-14/h3-7,11-12,27H,8-9H2,1-2H3,(H,23,25,26,28)/b19-15-. The first kappa shape index (κ1) is 22.6. The Morgan fingerprint density at radius 2 is 1.94 bits per heavy atom. The number of nitrogens with one attached hydrogen (secondary N) is 1. The summed E-state index contributed by atoms with van der Waals surface area (Å²) in [6, 6.07) is 11.1. The molecule has 32 heavy (non-hydrogen) atoms. The van der Waals surface area contributed by atoms with Gasteiger partial charge in [-0.1, -0.05) is 35.5 Å². The molecule has 0 bridgehead atoms. The highest BCUT2D eigenvalue weighted by molar-refractivity contribution is 7.90. The van der Waals surface area contributed by atoms with Crippen LogP contribution >= 0.6 is 0 Å². The van der Waals surface area contributed by atoms with Crippen molar-refractivity contribution in [2.24, 2.45) is 0 Å². The van der Waals surface area contributed by atoms with Crippen LogP contribution in [-0.4, -0.2) is 40.8 Å². The highest BCUT2D eigenvalue weighted by Gasteiger charge is 2.22. The zero-order valence-electron chi connectivity index (χ0n) is 17.2. The lowest BCUT2D eigenvalue weighted by atomic mass is 10.1. The predicted octanol–water partition coefficient (Wildman–Crippen LogP) is 2.39.